The quantitative estimate of drug-likeness (QED) is 0.114. The van der Waals surface area contributed by atoms with E-state index in [1.54, 1.807) is 48.5 Å². The van der Waals surface area contributed by atoms with E-state index < -0.39 is 18.3 Å². The number of esters is 1. The predicted molar refractivity (Wildman–Crippen MR) is 131 cm³/mol. The maximum absolute atomic E-state index is 13.8. The minimum absolute atomic E-state index is 0.214. The molecule has 0 aliphatic heterocycles. The van der Waals surface area contributed by atoms with Crippen molar-refractivity contribution in [3.63, 3.8) is 0 Å². The Morgan fingerprint density at radius 2 is 1.91 bits per heavy atom. The summed E-state index contributed by atoms with van der Waals surface area (Å²) in [5.41, 5.74) is 3.63. The first kappa shape index (κ1) is 24.3. The van der Waals surface area contributed by atoms with Crippen molar-refractivity contribution in [2.45, 2.75) is 19.9 Å². The van der Waals surface area contributed by atoms with E-state index in [1.807, 2.05) is 6.92 Å². The summed E-state index contributed by atoms with van der Waals surface area (Å²) in [4.78, 5) is 12.0. The van der Waals surface area contributed by atoms with Crippen LogP contribution >= 0.6 is 11.6 Å². The van der Waals surface area contributed by atoms with Crippen LogP contribution in [-0.4, -0.2) is 15.7 Å². The fraction of sp³-hybridized carbons (Fsp3) is 0.111. The van der Waals surface area contributed by atoms with Gasteiger partial charge in [0.2, 0.25) is 0 Å². The maximum atomic E-state index is 13.8. The lowest BCUT2D eigenvalue weighted by Crippen LogP contribution is -2.06. The summed E-state index contributed by atoms with van der Waals surface area (Å²) >= 11 is 6.43. The van der Waals surface area contributed by atoms with E-state index in [0.717, 1.165) is 11.6 Å². The SMILES string of the molecule is C=CC(=O)Oc1ccccc1/C(=C(\CC)c1ccc(F)cc1Cl)c1ccc2nn(C(F)F)cc2c1. The smallest absolute Gasteiger partial charge is 0.335 e. The zero-order chi connectivity index (χ0) is 25.1. The summed E-state index contributed by atoms with van der Waals surface area (Å²) in [6.07, 6.45) is 2.81. The molecule has 0 saturated heterocycles. The standard InChI is InChI=1S/C27H20ClF3N2O2/c1-3-19(20-11-10-18(29)14-22(20)28)26(21-7-5-6-8-24(21)35-25(34)4-2)16-9-12-23-17(13-16)15-33(32-23)27(30)31/h4-15,27H,2-3H2,1H3/b26-19+. The molecule has 0 aliphatic rings. The third-order valence-electron chi connectivity index (χ3n) is 5.46. The minimum Gasteiger partial charge on any atom is -0.423 e. The van der Waals surface area contributed by atoms with Crippen LogP contribution in [0.5, 0.6) is 5.75 Å². The number of carbonyl (C=O) groups is 1. The third-order valence-corrected chi connectivity index (χ3v) is 5.77. The second kappa shape index (κ2) is 10.2. The van der Waals surface area contributed by atoms with Gasteiger partial charge < -0.3 is 4.74 Å². The van der Waals surface area contributed by atoms with Crippen molar-refractivity contribution in [1.82, 2.24) is 9.78 Å². The first-order chi connectivity index (χ1) is 16.8. The maximum Gasteiger partial charge on any atom is 0.335 e. The molecule has 35 heavy (non-hydrogen) atoms. The molecule has 0 spiro atoms. The van der Waals surface area contributed by atoms with Gasteiger partial charge in [-0.3, -0.25) is 0 Å². The largest absolute Gasteiger partial charge is 0.423 e. The molecule has 178 valence electrons. The number of fused-ring (bicyclic) bond motifs is 1. The highest BCUT2D eigenvalue weighted by molar-refractivity contribution is 6.32. The van der Waals surface area contributed by atoms with E-state index in [-0.39, 0.29) is 10.8 Å². The van der Waals surface area contributed by atoms with Crippen molar-refractivity contribution in [3.05, 3.63) is 107 Å². The molecular formula is C27H20ClF3N2O2. The van der Waals surface area contributed by atoms with Crippen LogP contribution in [0.3, 0.4) is 0 Å². The number of nitrogens with zero attached hydrogens (tertiary/aromatic N) is 2. The Bertz CT molecular complexity index is 1460. The van der Waals surface area contributed by atoms with Crippen LogP contribution in [0.1, 0.15) is 36.6 Å². The van der Waals surface area contributed by atoms with Gasteiger partial charge in [-0.1, -0.05) is 55.4 Å². The number of hydrogen-bond donors (Lipinski definition) is 0. The second-order valence-corrected chi connectivity index (χ2v) is 8.02. The van der Waals surface area contributed by atoms with Gasteiger partial charge in [0.15, 0.2) is 0 Å². The molecule has 0 amide bonds. The number of ether oxygens (including phenoxy) is 1. The molecule has 4 nitrogen and oxygen atoms in total. The van der Waals surface area contributed by atoms with Crippen molar-refractivity contribution < 1.29 is 22.7 Å². The molecular weight excluding hydrogens is 477 g/mol. The summed E-state index contributed by atoms with van der Waals surface area (Å²) in [5, 5.41) is 4.62. The van der Waals surface area contributed by atoms with E-state index in [1.165, 1.54) is 18.3 Å². The van der Waals surface area contributed by atoms with Crippen LogP contribution in [-0.2, 0) is 4.79 Å². The number of rotatable bonds is 7. The Balaban J connectivity index is 2.03. The Morgan fingerprint density at radius 1 is 1.14 bits per heavy atom. The number of para-hydroxylation sites is 1. The molecule has 0 fully saturated rings. The van der Waals surface area contributed by atoms with Crippen molar-refractivity contribution in [2.24, 2.45) is 0 Å². The van der Waals surface area contributed by atoms with E-state index in [2.05, 4.69) is 11.7 Å². The molecule has 0 aliphatic carbocycles. The summed E-state index contributed by atoms with van der Waals surface area (Å²) in [6, 6.07) is 16.2. The molecule has 1 heterocycles. The average molecular weight is 497 g/mol. The molecule has 0 atom stereocenters. The Hall–Kier alpha value is -3.84. The fourth-order valence-corrected chi connectivity index (χ4v) is 4.22. The lowest BCUT2D eigenvalue weighted by Gasteiger charge is -2.19. The van der Waals surface area contributed by atoms with E-state index in [4.69, 9.17) is 16.3 Å². The van der Waals surface area contributed by atoms with Crippen molar-refractivity contribution in [3.8, 4) is 5.75 Å². The monoisotopic (exact) mass is 496 g/mol. The first-order valence-electron chi connectivity index (χ1n) is 10.7. The molecule has 0 bridgehead atoms. The molecule has 4 rings (SSSR count). The lowest BCUT2D eigenvalue weighted by atomic mass is 9.87. The third kappa shape index (κ3) is 5.00. The number of hydrogen-bond acceptors (Lipinski definition) is 3. The molecule has 4 aromatic rings. The lowest BCUT2D eigenvalue weighted by molar-refractivity contribution is -0.128. The van der Waals surface area contributed by atoms with Crippen LogP contribution < -0.4 is 4.74 Å². The van der Waals surface area contributed by atoms with Gasteiger partial charge in [-0.2, -0.15) is 13.9 Å². The van der Waals surface area contributed by atoms with Crippen LogP contribution in [0.25, 0.3) is 22.0 Å². The van der Waals surface area contributed by atoms with Gasteiger partial charge in [0, 0.05) is 23.2 Å². The Morgan fingerprint density at radius 3 is 2.60 bits per heavy atom. The van der Waals surface area contributed by atoms with E-state index in [9.17, 15) is 18.0 Å². The predicted octanol–water partition coefficient (Wildman–Crippen LogP) is 7.68. The van der Waals surface area contributed by atoms with E-state index in [0.29, 0.717) is 44.3 Å². The summed E-state index contributed by atoms with van der Waals surface area (Å²) in [7, 11) is 0. The normalized spacial score (nSPS) is 12.1. The molecule has 3 aromatic carbocycles. The number of alkyl halides is 2. The molecule has 0 N–H and O–H groups in total. The molecule has 0 unspecified atom stereocenters. The minimum atomic E-state index is -2.77. The molecule has 1 aromatic heterocycles. The molecule has 0 radical (unpaired) electrons. The molecule has 0 saturated carbocycles. The second-order valence-electron chi connectivity index (χ2n) is 7.61. The van der Waals surface area contributed by atoms with Gasteiger partial charge in [-0.15, -0.1) is 0 Å². The highest BCUT2D eigenvalue weighted by atomic mass is 35.5. The van der Waals surface area contributed by atoms with Gasteiger partial charge in [-0.05, 0) is 59.0 Å². The van der Waals surface area contributed by atoms with Crippen LogP contribution in [0.4, 0.5) is 13.2 Å². The Labute approximate surface area is 204 Å². The zero-order valence-corrected chi connectivity index (χ0v) is 19.4. The van der Waals surface area contributed by atoms with Gasteiger partial charge in [0.1, 0.15) is 11.6 Å². The van der Waals surface area contributed by atoms with Crippen molar-refractivity contribution in [2.75, 3.05) is 0 Å². The average Bonchev–Trinajstić information content (AvgIpc) is 3.27. The first-order valence-corrected chi connectivity index (χ1v) is 11.1. The van der Waals surface area contributed by atoms with Gasteiger partial charge in [-0.25, -0.2) is 13.9 Å². The van der Waals surface area contributed by atoms with Crippen LogP contribution in [0.15, 0.2) is 79.5 Å². The van der Waals surface area contributed by atoms with Crippen molar-refractivity contribution in [1.29, 1.82) is 0 Å². The number of benzene rings is 3. The topological polar surface area (TPSA) is 44.1 Å². The summed E-state index contributed by atoms with van der Waals surface area (Å²) in [6.45, 7) is 2.59. The van der Waals surface area contributed by atoms with Gasteiger partial charge in [0.05, 0.1) is 10.5 Å². The number of halogens is 4. The zero-order valence-electron chi connectivity index (χ0n) is 18.6. The molecule has 8 heteroatoms. The number of carbonyl (C=O) groups excluding carboxylic acids is 1. The van der Waals surface area contributed by atoms with Gasteiger partial charge >= 0.3 is 12.5 Å². The highest BCUT2D eigenvalue weighted by Crippen LogP contribution is 2.41. The number of allylic oxidation sites excluding steroid dienone is 1. The van der Waals surface area contributed by atoms with Gasteiger partial charge in [0.25, 0.3) is 0 Å². The summed E-state index contributed by atoms with van der Waals surface area (Å²) < 4.78 is 46.3. The van der Waals surface area contributed by atoms with Crippen LogP contribution in [0, 0.1) is 5.82 Å². The van der Waals surface area contributed by atoms with Crippen molar-refractivity contribution >= 4 is 39.6 Å². The highest BCUT2D eigenvalue weighted by Gasteiger charge is 2.20. The van der Waals surface area contributed by atoms with E-state index >= 15 is 0 Å². The van der Waals surface area contributed by atoms with Crippen LogP contribution in [0.2, 0.25) is 5.02 Å². The fourth-order valence-electron chi connectivity index (χ4n) is 3.94. The number of aromatic nitrogens is 2. The Kier molecular flexibility index (Phi) is 7.07. The summed E-state index contributed by atoms with van der Waals surface area (Å²) in [5.74, 6) is -0.833.